The number of nitrogens with one attached hydrogen (secondary N) is 1. The molecule has 1 aliphatic rings. The largest absolute Gasteiger partial charge is 0.497 e. The Bertz CT molecular complexity index is 417. The molecule has 0 aliphatic carbocycles. The highest BCUT2D eigenvalue weighted by molar-refractivity contribution is 5.73. The maximum absolute atomic E-state index is 11.0. The van der Waals surface area contributed by atoms with E-state index in [1.54, 1.807) is 14.0 Å². The van der Waals surface area contributed by atoms with Gasteiger partial charge in [-0.25, -0.2) is 0 Å². The third-order valence-corrected chi connectivity index (χ3v) is 3.16. The second-order valence-corrected chi connectivity index (χ2v) is 4.07. The summed E-state index contributed by atoms with van der Waals surface area (Å²) in [5.74, 6) is -0.365. The van der Waals surface area contributed by atoms with Crippen molar-refractivity contribution in [3.05, 3.63) is 23.8 Å². The molecule has 0 fully saturated rings. The topological polar surface area (TPSA) is 58.6 Å². The number of benzene rings is 1. The molecule has 0 saturated carbocycles. The number of carboxylic acids is 1. The average molecular weight is 221 g/mol. The van der Waals surface area contributed by atoms with Gasteiger partial charge in [-0.2, -0.15) is 0 Å². The molecular formula is C12H15NO3. The summed E-state index contributed by atoms with van der Waals surface area (Å²) in [6.07, 6.45) is 0. The lowest BCUT2D eigenvalue weighted by molar-refractivity contribution is -0.141. The number of fused-ring (bicyclic) bond motifs is 1. The van der Waals surface area contributed by atoms with Crippen LogP contribution in [0.3, 0.4) is 0 Å². The number of anilines is 1. The van der Waals surface area contributed by atoms with Crippen LogP contribution in [-0.4, -0.2) is 24.7 Å². The van der Waals surface area contributed by atoms with Crippen molar-refractivity contribution < 1.29 is 14.6 Å². The Morgan fingerprint density at radius 1 is 1.62 bits per heavy atom. The minimum Gasteiger partial charge on any atom is -0.497 e. The Morgan fingerprint density at radius 3 is 3.00 bits per heavy atom. The molecule has 0 radical (unpaired) electrons. The van der Waals surface area contributed by atoms with Gasteiger partial charge in [0.15, 0.2) is 0 Å². The van der Waals surface area contributed by atoms with E-state index in [2.05, 4.69) is 5.32 Å². The van der Waals surface area contributed by atoms with Gasteiger partial charge in [0, 0.05) is 18.2 Å². The smallest absolute Gasteiger partial charge is 0.306 e. The summed E-state index contributed by atoms with van der Waals surface area (Å²) in [6.45, 7) is 2.42. The van der Waals surface area contributed by atoms with E-state index < -0.39 is 5.97 Å². The number of rotatable bonds is 3. The van der Waals surface area contributed by atoms with Crippen LogP contribution in [-0.2, 0) is 4.79 Å². The average Bonchev–Trinajstić information content (AvgIpc) is 2.70. The van der Waals surface area contributed by atoms with E-state index in [9.17, 15) is 4.79 Å². The molecule has 86 valence electrons. The van der Waals surface area contributed by atoms with Gasteiger partial charge in [0.25, 0.3) is 0 Å². The summed E-state index contributed by atoms with van der Waals surface area (Å²) in [7, 11) is 1.61. The van der Waals surface area contributed by atoms with Gasteiger partial charge in [-0.1, -0.05) is 6.92 Å². The highest BCUT2D eigenvalue weighted by Gasteiger charge is 2.31. The van der Waals surface area contributed by atoms with Gasteiger partial charge < -0.3 is 15.2 Å². The summed E-state index contributed by atoms with van der Waals surface area (Å²) in [4.78, 5) is 11.0. The van der Waals surface area contributed by atoms with E-state index in [4.69, 9.17) is 9.84 Å². The summed E-state index contributed by atoms with van der Waals surface area (Å²) in [6, 6.07) is 5.72. The van der Waals surface area contributed by atoms with Crippen LogP contribution in [0.25, 0.3) is 0 Å². The van der Waals surface area contributed by atoms with E-state index in [-0.39, 0.29) is 11.8 Å². The molecule has 0 aromatic heterocycles. The zero-order valence-electron chi connectivity index (χ0n) is 9.36. The molecule has 2 N–H and O–H groups in total. The summed E-state index contributed by atoms with van der Waals surface area (Å²) in [5.41, 5.74) is 2.05. The zero-order valence-corrected chi connectivity index (χ0v) is 9.36. The number of carbonyl (C=O) groups is 1. The van der Waals surface area contributed by atoms with E-state index in [0.29, 0.717) is 6.54 Å². The Kier molecular flexibility index (Phi) is 2.73. The first-order valence-electron chi connectivity index (χ1n) is 5.28. The fourth-order valence-corrected chi connectivity index (χ4v) is 2.08. The first-order valence-corrected chi connectivity index (χ1v) is 5.28. The molecule has 2 atom stereocenters. The van der Waals surface area contributed by atoms with Gasteiger partial charge in [-0.15, -0.1) is 0 Å². The molecule has 1 aromatic carbocycles. The first kappa shape index (κ1) is 10.8. The third kappa shape index (κ3) is 1.71. The minimum atomic E-state index is -0.762. The third-order valence-electron chi connectivity index (χ3n) is 3.16. The van der Waals surface area contributed by atoms with Crippen molar-refractivity contribution in [1.29, 1.82) is 0 Å². The molecule has 1 heterocycles. The van der Waals surface area contributed by atoms with Crippen LogP contribution in [0.4, 0.5) is 5.69 Å². The van der Waals surface area contributed by atoms with Crippen LogP contribution in [0.5, 0.6) is 5.75 Å². The normalized spacial score (nSPS) is 19.8. The van der Waals surface area contributed by atoms with Gasteiger partial charge in [0.05, 0.1) is 13.0 Å². The fourth-order valence-electron chi connectivity index (χ4n) is 2.08. The van der Waals surface area contributed by atoms with Gasteiger partial charge in [0.1, 0.15) is 5.75 Å². The highest BCUT2D eigenvalue weighted by Crippen LogP contribution is 2.38. The van der Waals surface area contributed by atoms with Crippen molar-refractivity contribution in [1.82, 2.24) is 0 Å². The second-order valence-electron chi connectivity index (χ2n) is 4.07. The fraction of sp³-hybridized carbons (Fsp3) is 0.417. The van der Waals surface area contributed by atoms with Crippen LogP contribution < -0.4 is 10.1 Å². The molecule has 2 rings (SSSR count). The Balaban J connectivity index is 2.34. The minimum absolute atomic E-state index is 0.0163. The summed E-state index contributed by atoms with van der Waals surface area (Å²) < 4.78 is 5.15. The second kappa shape index (κ2) is 4.04. The van der Waals surface area contributed by atoms with Crippen molar-refractivity contribution >= 4 is 11.7 Å². The van der Waals surface area contributed by atoms with Crippen molar-refractivity contribution in [2.45, 2.75) is 12.8 Å². The predicted octanol–water partition coefficient (Wildman–Crippen LogP) is 1.92. The van der Waals surface area contributed by atoms with E-state index in [1.807, 2.05) is 18.2 Å². The Labute approximate surface area is 94.2 Å². The number of methoxy groups -OCH3 is 1. The monoisotopic (exact) mass is 221 g/mol. The van der Waals surface area contributed by atoms with Crippen LogP contribution in [0.1, 0.15) is 18.4 Å². The van der Waals surface area contributed by atoms with Gasteiger partial charge in [-0.3, -0.25) is 4.79 Å². The number of hydrogen-bond donors (Lipinski definition) is 2. The van der Waals surface area contributed by atoms with Gasteiger partial charge in [-0.05, 0) is 23.8 Å². The number of ether oxygens (including phenoxy) is 1. The van der Waals surface area contributed by atoms with Crippen molar-refractivity contribution in [2.75, 3.05) is 19.0 Å². The maximum atomic E-state index is 11.0. The molecule has 0 bridgehead atoms. The Hall–Kier alpha value is -1.71. The Morgan fingerprint density at radius 2 is 2.38 bits per heavy atom. The van der Waals surface area contributed by atoms with Crippen LogP contribution in [0, 0.1) is 5.92 Å². The number of carboxylic acid groups (broad SMARTS) is 1. The molecule has 1 aromatic rings. The standard InChI is InChI=1S/C12H15NO3/c1-7(12(14)15)10-6-13-11-4-3-8(16-2)5-9(10)11/h3-5,7,10,13H,6H2,1-2H3,(H,14,15). The lowest BCUT2D eigenvalue weighted by atomic mass is 9.89. The van der Waals surface area contributed by atoms with Crippen molar-refractivity contribution in [3.63, 3.8) is 0 Å². The first-order chi connectivity index (χ1) is 7.63. The molecule has 4 nitrogen and oxygen atoms in total. The molecule has 4 heteroatoms. The molecule has 0 amide bonds. The van der Waals surface area contributed by atoms with Crippen molar-refractivity contribution in [2.24, 2.45) is 5.92 Å². The summed E-state index contributed by atoms with van der Waals surface area (Å²) >= 11 is 0. The lowest BCUT2D eigenvalue weighted by Crippen LogP contribution is -2.20. The van der Waals surface area contributed by atoms with E-state index in [0.717, 1.165) is 17.0 Å². The molecule has 1 aliphatic heterocycles. The summed E-state index contributed by atoms with van der Waals surface area (Å²) in [5, 5.41) is 12.3. The molecular weight excluding hydrogens is 206 g/mol. The molecule has 16 heavy (non-hydrogen) atoms. The predicted molar refractivity (Wildman–Crippen MR) is 61.0 cm³/mol. The van der Waals surface area contributed by atoms with Crippen LogP contribution in [0.2, 0.25) is 0 Å². The quantitative estimate of drug-likeness (QED) is 0.818. The van der Waals surface area contributed by atoms with E-state index in [1.165, 1.54) is 0 Å². The molecule has 0 saturated heterocycles. The molecule has 0 spiro atoms. The SMILES string of the molecule is COc1ccc2c(c1)C(C(C)C(=O)O)CN2. The van der Waals surface area contributed by atoms with E-state index >= 15 is 0 Å². The van der Waals surface area contributed by atoms with Gasteiger partial charge >= 0.3 is 5.97 Å². The van der Waals surface area contributed by atoms with Gasteiger partial charge in [0.2, 0.25) is 0 Å². The molecule has 2 unspecified atom stereocenters. The lowest BCUT2D eigenvalue weighted by Gasteiger charge is -2.15. The highest BCUT2D eigenvalue weighted by atomic mass is 16.5. The van der Waals surface area contributed by atoms with Crippen LogP contribution >= 0.6 is 0 Å². The zero-order chi connectivity index (χ0) is 11.7. The van der Waals surface area contributed by atoms with Crippen LogP contribution in [0.15, 0.2) is 18.2 Å². The maximum Gasteiger partial charge on any atom is 0.306 e. The number of hydrogen-bond acceptors (Lipinski definition) is 3. The number of aliphatic carboxylic acids is 1. The van der Waals surface area contributed by atoms with Crippen molar-refractivity contribution in [3.8, 4) is 5.75 Å².